The largest absolute Gasteiger partial charge is 0.370 e. The van der Waals surface area contributed by atoms with Gasteiger partial charge in [-0.15, -0.1) is 0 Å². The number of hydrogen-bond acceptors (Lipinski definition) is 4. The van der Waals surface area contributed by atoms with E-state index < -0.39 is 0 Å². The van der Waals surface area contributed by atoms with Gasteiger partial charge in [-0.1, -0.05) is 0 Å². The van der Waals surface area contributed by atoms with Gasteiger partial charge in [-0.3, -0.25) is 14.3 Å². The van der Waals surface area contributed by atoms with Crippen molar-refractivity contribution in [2.45, 2.75) is 51.6 Å². The molecule has 7 heteroatoms. The molecule has 1 fully saturated rings. The number of hydrogen-bond donors (Lipinski definition) is 2. The molecule has 1 aliphatic heterocycles. The first-order valence-electron chi connectivity index (χ1n) is 7.63. The SMILES string of the molecule is Cc1nn(C)c(C)c1CC(=O)N1[C@H](CN)CC[C@@H]1CC(N)=O. The number of nitrogens with two attached hydrogens (primary N) is 2. The molecule has 1 aromatic rings. The van der Waals surface area contributed by atoms with Gasteiger partial charge in [-0.05, 0) is 26.7 Å². The summed E-state index contributed by atoms with van der Waals surface area (Å²) in [7, 11) is 1.87. The molecule has 2 atom stereocenters. The van der Waals surface area contributed by atoms with Gasteiger partial charge in [-0.25, -0.2) is 0 Å². The summed E-state index contributed by atoms with van der Waals surface area (Å²) in [5.41, 5.74) is 13.9. The van der Waals surface area contributed by atoms with Crippen LogP contribution in [0.15, 0.2) is 0 Å². The number of amides is 2. The lowest BCUT2D eigenvalue weighted by Gasteiger charge is -2.29. The van der Waals surface area contributed by atoms with Gasteiger partial charge >= 0.3 is 0 Å². The summed E-state index contributed by atoms with van der Waals surface area (Å²) < 4.78 is 1.78. The lowest BCUT2D eigenvalue weighted by Crippen LogP contribution is -2.46. The third kappa shape index (κ3) is 3.14. The number of aromatic nitrogens is 2. The summed E-state index contributed by atoms with van der Waals surface area (Å²) in [6.45, 7) is 4.26. The number of primary amides is 1. The third-order valence-corrected chi connectivity index (χ3v) is 4.60. The quantitative estimate of drug-likeness (QED) is 0.783. The van der Waals surface area contributed by atoms with Crippen molar-refractivity contribution in [1.82, 2.24) is 14.7 Å². The molecular weight excluding hydrogens is 282 g/mol. The highest BCUT2D eigenvalue weighted by Crippen LogP contribution is 2.27. The molecule has 2 rings (SSSR count). The van der Waals surface area contributed by atoms with E-state index in [4.69, 9.17) is 11.5 Å². The molecule has 0 aliphatic carbocycles. The molecular formula is C15H25N5O2. The molecule has 7 nitrogen and oxygen atoms in total. The Hall–Kier alpha value is -1.89. The van der Waals surface area contributed by atoms with Crippen molar-refractivity contribution in [1.29, 1.82) is 0 Å². The number of carbonyl (C=O) groups is 2. The predicted octanol–water partition coefficient (Wildman–Crippen LogP) is -0.227. The summed E-state index contributed by atoms with van der Waals surface area (Å²) in [5.74, 6) is -0.382. The highest BCUT2D eigenvalue weighted by molar-refractivity contribution is 5.82. The Balaban J connectivity index is 2.19. The van der Waals surface area contributed by atoms with E-state index in [0.717, 1.165) is 29.8 Å². The van der Waals surface area contributed by atoms with Crippen LogP contribution in [0.4, 0.5) is 0 Å². The minimum atomic E-state index is -0.380. The maximum absolute atomic E-state index is 12.8. The Morgan fingerprint density at radius 3 is 2.41 bits per heavy atom. The lowest BCUT2D eigenvalue weighted by molar-refractivity contribution is -0.134. The second-order valence-electron chi connectivity index (χ2n) is 6.04. The van der Waals surface area contributed by atoms with Crippen LogP contribution >= 0.6 is 0 Å². The first-order valence-corrected chi connectivity index (χ1v) is 7.63. The molecule has 2 heterocycles. The number of likely N-dealkylation sites (tertiary alicyclic amines) is 1. The van der Waals surface area contributed by atoms with Crippen molar-refractivity contribution in [2.75, 3.05) is 6.54 Å². The smallest absolute Gasteiger partial charge is 0.227 e. The molecule has 122 valence electrons. The van der Waals surface area contributed by atoms with Gasteiger partial charge in [0.25, 0.3) is 0 Å². The van der Waals surface area contributed by atoms with Crippen LogP contribution in [0.25, 0.3) is 0 Å². The molecule has 0 aromatic carbocycles. The third-order valence-electron chi connectivity index (χ3n) is 4.60. The maximum Gasteiger partial charge on any atom is 0.227 e. The standard InChI is InChI=1S/C15H25N5O2/c1-9-13(10(2)19(3)18-9)7-15(22)20-11(6-14(17)21)4-5-12(20)8-16/h11-12H,4-8,16H2,1-3H3,(H2,17,21)/t11-,12+/m1/s1. The average molecular weight is 307 g/mol. The van der Waals surface area contributed by atoms with Gasteiger partial charge in [0.1, 0.15) is 0 Å². The van der Waals surface area contributed by atoms with E-state index in [-0.39, 0.29) is 36.7 Å². The first-order chi connectivity index (χ1) is 10.3. The highest BCUT2D eigenvalue weighted by atomic mass is 16.2. The van der Waals surface area contributed by atoms with Gasteiger partial charge < -0.3 is 16.4 Å². The molecule has 22 heavy (non-hydrogen) atoms. The second kappa shape index (κ2) is 6.48. The highest BCUT2D eigenvalue weighted by Gasteiger charge is 2.37. The molecule has 1 saturated heterocycles. The number of nitrogens with zero attached hydrogens (tertiary/aromatic N) is 3. The van der Waals surface area contributed by atoms with Crippen molar-refractivity contribution >= 4 is 11.8 Å². The van der Waals surface area contributed by atoms with E-state index in [0.29, 0.717) is 6.54 Å². The maximum atomic E-state index is 12.8. The summed E-state index contributed by atoms with van der Waals surface area (Å²) in [4.78, 5) is 25.8. The van der Waals surface area contributed by atoms with Gasteiger partial charge in [-0.2, -0.15) is 5.10 Å². The van der Waals surface area contributed by atoms with Crippen molar-refractivity contribution < 1.29 is 9.59 Å². The fourth-order valence-corrected chi connectivity index (χ4v) is 3.35. The van der Waals surface area contributed by atoms with Crippen LogP contribution in [0.1, 0.15) is 36.2 Å². The molecule has 1 aliphatic rings. The summed E-state index contributed by atoms with van der Waals surface area (Å²) >= 11 is 0. The van der Waals surface area contributed by atoms with E-state index in [1.807, 2.05) is 20.9 Å². The van der Waals surface area contributed by atoms with Gasteiger partial charge in [0.15, 0.2) is 0 Å². The molecule has 0 unspecified atom stereocenters. The number of carbonyl (C=O) groups excluding carboxylic acids is 2. The first kappa shape index (κ1) is 16.5. The predicted molar refractivity (Wildman–Crippen MR) is 82.9 cm³/mol. The lowest BCUT2D eigenvalue weighted by atomic mass is 10.1. The molecule has 2 amide bonds. The molecule has 0 spiro atoms. The second-order valence-corrected chi connectivity index (χ2v) is 6.04. The summed E-state index contributed by atoms with van der Waals surface area (Å²) in [6, 6.07) is -0.134. The molecule has 0 saturated carbocycles. The van der Waals surface area contributed by atoms with Crippen LogP contribution in [0, 0.1) is 13.8 Å². The van der Waals surface area contributed by atoms with Crippen LogP contribution in [0.3, 0.4) is 0 Å². The fourth-order valence-electron chi connectivity index (χ4n) is 3.35. The zero-order valence-electron chi connectivity index (χ0n) is 13.5. The van der Waals surface area contributed by atoms with Gasteiger partial charge in [0, 0.05) is 43.4 Å². The zero-order chi connectivity index (χ0) is 16.4. The Labute approximate surface area is 130 Å². The Morgan fingerprint density at radius 1 is 1.27 bits per heavy atom. The van der Waals surface area contributed by atoms with Crippen molar-refractivity contribution in [2.24, 2.45) is 18.5 Å². The Kier molecular flexibility index (Phi) is 4.85. The Bertz CT molecular complexity index is 581. The Morgan fingerprint density at radius 2 is 1.91 bits per heavy atom. The monoisotopic (exact) mass is 307 g/mol. The van der Waals surface area contributed by atoms with E-state index in [1.54, 1.807) is 9.58 Å². The van der Waals surface area contributed by atoms with Crippen LogP contribution in [-0.2, 0) is 23.1 Å². The molecule has 1 aromatic heterocycles. The van der Waals surface area contributed by atoms with Crippen molar-refractivity contribution in [3.63, 3.8) is 0 Å². The zero-order valence-corrected chi connectivity index (χ0v) is 13.5. The molecule has 0 radical (unpaired) electrons. The van der Waals surface area contributed by atoms with E-state index in [9.17, 15) is 9.59 Å². The van der Waals surface area contributed by atoms with Crippen LogP contribution in [0.5, 0.6) is 0 Å². The van der Waals surface area contributed by atoms with Gasteiger partial charge in [0.05, 0.1) is 12.1 Å². The minimum absolute atomic E-state index is 0.00148. The normalized spacial score (nSPS) is 21.4. The van der Waals surface area contributed by atoms with Crippen LogP contribution in [-0.4, -0.2) is 45.1 Å². The number of rotatable bonds is 5. The minimum Gasteiger partial charge on any atom is -0.370 e. The van der Waals surface area contributed by atoms with Crippen molar-refractivity contribution in [3.8, 4) is 0 Å². The van der Waals surface area contributed by atoms with Crippen LogP contribution in [0.2, 0.25) is 0 Å². The molecule has 4 N–H and O–H groups in total. The fraction of sp³-hybridized carbons (Fsp3) is 0.667. The summed E-state index contributed by atoms with van der Waals surface area (Å²) in [6.07, 6.45) is 2.09. The molecule has 0 bridgehead atoms. The van der Waals surface area contributed by atoms with E-state index in [1.165, 1.54) is 0 Å². The van der Waals surface area contributed by atoms with Crippen LogP contribution < -0.4 is 11.5 Å². The van der Waals surface area contributed by atoms with E-state index >= 15 is 0 Å². The van der Waals surface area contributed by atoms with Crippen molar-refractivity contribution in [3.05, 3.63) is 17.0 Å². The number of aryl methyl sites for hydroxylation is 2. The summed E-state index contributed by atoms with van der Waals surface area (Å²) in [5, 5.41) is 4.34. The van der Waals surface area contributed by atoms with Gasteiger partial charge in [0.2, 0.25) is 11.8 Å². The van der Waals surface area contributed by atoms with E-state index in [2.05, 4.69) is 5.10 Å². The average Bonchev–Trinajstić information content (AvgIpc) is 2.94. The topological polar surface area (TPSA) is 107 Å².